The van der Waals surface area contributed by atoms with Gasteiger partial charge in [0.15, 0.2) is 11.6 Å². The molecule has 0 aliphatic heterocycles. The molecule has 0 bridgehead atoms. The van der Waals surface area contributed by atoms with Gasteiger partial charge in [-0.25, -0.2) is 17.2 Å². The van der Waals surface area contributed by atoms with E-state index in [0.29, 0.717) is 0 Å². The van der Waals surface area contributed by atoms with Crippen molar-refractivity contribution in [3.05, 3.63) is 29.8 Å². The van der Waals surface area contributed by atoms with E-state index in [1.54, 1.807) is 0 Å². The van der Waals surface area contributed by atoms with Crippen molar-refractivity contribution in [3.63, 3.8) is 0 Å². The van der Waals surface area contributed by atoms with Crippen LogP contribution in [-0.2, 0) is 14.8 Å². The molecule has 0 atom stereocenters. The first-order valence-electron chi connectivity index (χ1n) is 4.86. The van der Waals surface area contributed by atoms with Gasteiger partial charge in [0.2, 0.25) is 15.9 Å². The second kappa shape index (κ2) is 5.40. The monoisotopic (exact) mass is 278 g/mol. The van der Waals surface area contributed by atoms with Crippen LogP contribution in [-0.4, -0.2) is 38.5 Å². The summed E-state index contributed by atoms with van der Waals surface area (Å²) in [5, 5.41) is 2.26. The van der Waals surface area contributed by atoms with Gasteiger partial charge in [-0.3, -0.25) is 4.79 Å². The third kappa shape index (κ3) is 4.04. The molecule has 18 heavy (non-hydrogen) atoms. The van der Waals surface area contributed by atoms with Gasteiger partial charge >= 0.3 is 0 Å². The van der Waals surface area contributed by atoms with E-state index in [-0.39, 0.29) is 5.69 Å². The molecule has 0 saturated heterocycles. The van der Waals surface area contributed by atoms with Crippen LogP contribution in [0.4, 0.5) is 14.5 Å². The van der Waals surface area contributed by atoms with Crippen molar-refractivity contribution >= 4 is 21.6 Å². The number of sulfonamides is 1. The zero-order valence-corrected chi connectivity index (χ0v) is 10.6. The third-order valence-corrected chi connectivity index (χ3v) is 3.40. The van der Waals surface area contributed by atoms with Crippen molar-refractivity contribution in [2.45, 2.75) is 0 Å². The maximum absolute atomic E-state index is 12.8. The van der Waals surface area contributed by atoms with Crippen molar-refractivity contribution in [1.82, 2.24) is 4.31 Å². The van der Waals surface area contributed by atoms with E-state index in [2.05, 4.69) is 5.32 Å². The Labute approximate surface area is 103 Å². The molecule has 0 saturated carbocycles. The van der Waals surface area contributed by atoms with Crippen LogP contribution in [0.15, 0.2) is 18.2 Å². The number of hydrogen-bond acceptors (Lipinski definition) is 3. The first-order chi connectivity index (χ1) is 8.20. The Hall–Kier alpha value is -1.54. The molecule has 0 heterocycles. The fraction of sp³-hybridized carbons (Fsp3) is 0.300. The summed E-state index contributed by atoms with van der Waals surface area (Å²) >= 11 is 0. The van der Waals surface area contributed by atoms with Gasteiger partial charge in [0.05, 0.1) is 12.8 Å². The summed E-state index contributed by atoms with van der Waals surface area (Å²) in [7, 11) is -2.23. The van der Waals surface area contributed by atoms with Gasteiger partial charge in [0.1, 0.15) is 0 Å². The van der Waals surface area contributed by atoms with Crippen LogP contribution in [0.5, 0.6) is 0 Å². The summed E-state index contributed by atoms with van der Waals surface area (Å²) in [6.45, 7) is -0.405. The van der Waals surface area contributed by atoms with Crippen molar-refractivity contribution in [2.75, 3.05) is 25.2 Å². The normalized spacial score (nSPS) is 11.6. The van der Waals surface area contributed by atoms with E-state index >= 15 is 0 Å². The average Bonchev–Trinajstić information content (AvgIpc) is 2.22. The Morgan fingerprint density at radius 2 is 1.94 bits per heavy atom. The molecule has 1 aromatic carbocycles. The number of rotatable bonds is 4. The largest absolute Gasteiger partial charge is 0.325 e. The van der Waals surface area contributed by atoms with Gasteiger partial charge in [0.25, 0.3) is 0 Å². The smallest absolute Gasteiger partial charge is 0.239 e. The van der Waals surface area contributed by atoms with Crippen LogP contribution in [0.1, 0.15) is 0 Å². The van der Waals surface area contributed by atoms with E-state index in [1.165, 1.54) is 13.1 Å². The molecule has 0 fully saturated rings. The molecule has 1 aromatic rings. The molecule has 8 heteroatoms. The van der Waals surface area contributed by atoms with Crippen molar-refractivity contribution in [3.8, 4) is 0 Å². The van der Waals surface area contributed by atoms with E-state index < -0.39 is 34.1 Å². The van der Waals surface area contributed by atoms with Gasteiger partial charge in [0, 0.05) is 18.8 Å². The van der Waals surface area contributed by atoms with E-state index in [9.17, 15) is 22.0 Å². The number of hydrogen-bond donors (Lipinski definition) is 1. The first kappa shape index (κ1) is 14.5. The summed E-state index contributed by atoms with van der Waals surface area (Å²) in [5.74, 6) is -2.76. The fourth-order valence-electron chi connectivity index (χ4n) is 1.09. The van der Waals surface area contributed by atoms with Gasteiger partial charge < -0.3 is 5.32 Å². The highest BCUT2D eigenvalue weighted by Crippen LogP contribution is 2.13. The fourth-order valence-corrected chi connectivity index (χ4v) is 1.45. The molecule has 0 spiro atoms. The molecule has 100 valence electrons. The molecule has 0 aliphatic carbocycles. The Balaban J connectivity index is 2.68. The zero-order valence-electron chi connectivity index (χ0n) is 9.78. The molecule has 0 radical (unpaired) electrons. The quantitative estimate of drug-likeness (QED) is 0.885. The maximum Gasteiger partial charge on any atom is 0.239 e. The molecule has 5 nitrogen and oxygen atoms in total. The van der Waals surface area contributed by atoms with E-state index in [4.69, 9.17) is 0 Å². The topological polar surface area (TPSA) is 66.5 Å². The van der Waals surface area contributed by atoms with Gasteiger partial charge in [-0.1, -0.05) is 0 Å². The predicted molar refractivity (Wildman–Crippen MR) is 62.5 cm³/mol. The van der Waals surface area contributed by atoms with Crippen LogP contribution in [0, 0.1) is 11.6 Å². The van der Waals surface area contributed by atoms with Gasteiger partial charge in [-0.05, 0) is 12.1 Å². The number of amides is 1. The molecule has 1 rings (SSSR count). The Bertz CT molecular complexity index is 560. The van der Waals surface area contributed by atoms with E-state index in [1.807, 2.05) is 0 Å². The van der Waals surface area contributed by atoms with Crippen molar-refractivity contribution in [2.24, 2.45) is 0 Å². The van der Waals surface area contributed by atoms with Crippen LogP contribution in [0.25, 0.3) is 0 Å². The lowest BCUT2D eigenvalue weighted by Crippen LogP contribution is -2.34. The lowest BCUT2D eigenvalue weighted by molar-refractivity contribution is -0.116. The minimum absolute atomic E-state index is 0.0563. The summed E-state index contributed by atoms with van der Waals surface area (Å²) in [6.07, 6.45) is 0.956. The zero-order chi connectivity index (χ0) is 13.9. The van der Waals surface area contributed by atoms with Crippen molar-refractivity contribution < 1.29 is 22.0 Å². The van der Waals surface area contributed by atoms with Crippen molar-refractivity contribution in [1.29, 1.82) is 0 Å². The number of anilines is 1. The highest BCUT2D eigenvalue weighted by atomic mass is 32.2. The van der Waals surface area contributed by atoms with E-state index in [0.717, 1.165) is 22.7 Å². The predicted octanol–water partition coefficient (Wildman–Crippen LogP) is 0.795. The number of halogens is 2. The third-order valence-electron chi connectivity index (χ3n) is 2.14. The number of benzene rings is 1. The Morgan fingerprint density at radius 3 is 2.44 bits per heavy atom. The summed E-state index contributed by atoms with van der Waals surface area (Å²) in [5.41, 5.74) is 0.0563. The maximum atomic E-state index is 12.8. The minimum atomic E-state index is -3.47. The van der Waals surface area contributed by atoms with Crippen LogP contribution >= 0.6 is 0 Å². The second-order valence-corrected chi connectivity index (χ2v) is 5.79. The van der Waals surface area contributed by atoms with Gasteiger partial charge in [-0.2, -0.15) is 4.31 Å². The lowest BCUT2D eigenvalue weighted by atomic mass is 10.3. The number of carbonyl (C=O) groups excluding carboxylic acids is 1. The Kier molecular flexibility index (Phi) is 4.36. The highest BCUT2D eigenvalue weighted by Gasteiger charge is 2.15. The molecule has 0 aromatic heterocycles. The van der Waals surface area contributed by atoms with Crippen LogP contribution in [0.3, 0.4) is 0 Å². The molecule has 0 unspecified atom stereocenters. The lowest BCUT2D eigenvalue weighted by Gasteiger charge is -2.13. The minimum Gasteiger partial charge on any atom is -0.325 e. The molecular weight excluding hydrogens is 266 g/mol. The summed E-state index contributed by atoms with van der Waals surface area (Å²) in [4.78, 5) is 11.4. The first-order valence-corrected chi connectivity index (χ1v) is 6.71. The standard InChI is InChI=1S/C10H12F2N2O3S/c1-14(18(2,16)17)6-10(15)13-7-3-4-8(11)9(12)5-7/h3-5H,6H2,1-2H3,(H,13,15). The molecule has 1 amide bonds. The highest BCUT2D eigenvalue weighted by molar-refractivity contribution is 7.88. The average molecular weight is 278 g/mol. The molecular formula is C10H12F2N2O3S. The number of nitrogens with one attached hydrogen (secondary N) is 1. The summed E-state index contributed by atoms with van der Waals surface area (Å²) < 4.78 is 48.4. The number of carbonyl (C=O) groups is 1. The molecule has 1 N–H and O–H groups in total. The molecule has 0 aliphatic rings. The summed E-state index contributed by atoms with van der Waals surface area (Å²) in [6, 6.07) is 2.86. The number of likely N-dealkylation sites (N-methyl/N-ethyl adjacent to an activating group) is 1. The SMILES string of the molecule is CN(CC(=O)Nc1ccc(F)c(F)c1)S(C)(=O)=O. The van der Waals surface area contributed by atoms with Gasteiger partial charge in [-0.15, -0.1) is 0 Å². The Morgan fingerprint density at radius 1 is 1.33 bits per heavy atom. The second-order valence-electron chi connectivity index (χ2n) is 3.70. The number of nitrogens with zero attached hydrogens (tertiary/aromatic N) is 1. The van der Waals surface area contributed by atoms with Crippen LogP contribution < -0.4 is 5.32 Å². The van der Waals surface area contributed by atoms with Crippen LogP contribution in [0.2, 0.25) is 0 Å².